The van der Waals surface area contributed by atoms with E-state index in [4.69, 9.17) is 10.8 Å². The fourth-order valence-electron chi connectivity index (χ4n) is 1.19. The summed E-state index contributed by atoms with van der Waals surface area (Å²) in [5, 5.41) is 0.206. The molecule has 0 aliphatic heterocycles. The van der Waals surface area contributed by atoms with Crippen LogP contribution in [0, 0.1) is 18.3 Å². The van der Waals surface area contributed by atoms with Crippen LogP contribution in [0.5, 0.6) is 0 Å². The van der Waals surface area contributed by atoms with Gasteiger partial charge >= 0.3 is 0 Å². The van der Waals surface area contributed by atoms with Crippen molar-refractivity contribution in [1.29, 1.82) is 0 Å². The SMILES string of the molecule is C#C[C@H](O[Si](C)(C)C(C)(C)C)[C@H](C)/C=C/C. The molecule has 0 saturated heterocycles. The fourth-order valence-corrected chi connectivity index (χ4v) is 2.46. The zero-order valence-corrected chi connectivity index (χ0v) is 12.8. The molecular formula is C14H26OSi. The Morgan fingerprint density at radius 2 is 1.81 bits per heavy atom. The maximum atomic E-state index is 6.22. The molecule has 0 aliphatic rings. The predicted molar refractivity (Wildman–Crippen MR) is 74.9 cm³/mol. The Bertz CT molecular complexity index is 278. The van der Waals surface area contributed by atoms with E-state index in [1.54, 1.807) is 0 Å². The molecule has 0 spiro atoms. The quantitative estimate of drug-likeness (QED) is 0.405. The zero-order valence-electron chi connectivity index (χ0n) is 11.8. The molecule has 1 nitrogen and oxygen atoms in total. The normalized spacial score (nSPS) is 17.1. The molecule has 16 heavy (non-hydrogen) atoms. The molecule has 0 amide bonds. The minimum Gasteiger partial charge on any atom is -0.403 e. The highest BCUT2D eigenvalue weighted by Gasteiger charge is 2.39. The lowest BCUT2D eigenvalue weighted by molar-refractivity contribution is 0.198. The van der Waals surface area contributed by atoms with Gasteiger partial charge in [0.25, 0.3) is 0 Å². The highest BCUT2D eigenvalue weighted by molar-refractivity contribution is 6.74. The third-order valence-corrected chi connectivity index (χ3v) is 7.82. The molecule has 2 heteroatoms. The molecule has 0 N–H and O–H groups in total. The van der Waals surface area contributed by atoms with Crippen LogP contribution in [0.15, 0.2) is 12.2 Å². The number of allylic oxidation sites excluding steroid dienone is 1. The minimum absolute atomic E-state index is 0.0999. The number of hydrogen-bond donors (Lipinski definition) is 0. The van der Waals surface area contributed by atoms with Gasteiger partial charge in [0.15, 0.2) is 8.32 Å². The number of terminal acetylenes is 1. The van der Waals surface area contributed by atoms with Crippen molar-refractivity contribution >= 4 is 8.32 Å². The second kappa shape index (κ2) is 5.70. The summed E-state index contributed by atoms with van der Waals surface area (Å²) in [5.41, 5.74) is 0. The Hall–Kier alpha value is -0.523. The van der Waals surface area contributed by atoms with Gasteiger partial charge in [0.2, 0.25) is 0 Å². The van der Waals surface area contributed by atoms with Crippen LogP contribution in [-0.2, 0) is 4.43 Å². The Kier molecular flexibility index (Phi) is 5.51. The Labute approximate surface area is 102 Å². The summed E-state index contributed by atoms with van der Waals surface area (Å²) in [6, 6.07) is 0. The summed E-state index contributed by atoms with van der Waals surface area (Å²) >= 11 is 0. The summed E-state index contributed by atoms with van der Waals surface area (Å²) in [6.45, 7) is 15.3. The zero-order chi connectivity index (χ0) is 13.0. The largest absolute Gasteiger partial charge is 0.403 e. The van der Waals surface area contributed by atoms with Crippen LogP contribution in [0.1, 0.15) is 34.6 Å². The maximum Gasteiger partial charge on any atom is 0.193 e. The van der Waals surface area contributed by atoms with E-state index in [2.05, 4.69) is 52.8 Å². The van der Waals surface area contributed by atoms with Crippen molar-refractivity contribution in [3.8, 4) is 12.3 Å². The molecule has 0 fully saturated rings. The second-order valence-electron chi connectivity index (χ2n) is 5.85. The van der Waals surface area contributed by atoms with Gasteiger partial charge in [0, 0.05) is 5.92 Å². The molecule has 0 aliphatic carbocycles. The summed E-state index contributed by atoms with van der Waals surface area (Å²) in [7, 11) is -1.76. The van der Waals surface area contributed by atoms with Gasteiger partial charge in [-0.1, -0.05) is 45.8 Å². The van der Waals surface area contributed by atoms with Crippen molar-refractivity contribution in [3.63, 3.8) is 0 Å². The highest BCUT2D eigenvalue weighted by Crippen LogP contribution is 2.38. The lowest BCUT2D eigenvalue weighted by Crippen LogP contribution is -2.44. The second-order valence-corrected chi connectivity index (χ2v) is 10.6. The molecule has 0 aromatic carbocycles. The van der Waals surface area contributed by atoms with Crippen molar-refractivity contribution in [2.24, 2.45) is 5.92 Å². The molecule has 92 valence electrons. The topological polar surface area (TPSA) is 9.23 Å². The average Bonchev–Trinajstić information content (AvgIpc) is 2.12. The van der Waals surface area contributed by atoms with Crippen LogP contribution in [0.4, 0.5) is 0 Å². The van der Waals surface area contributed by atoms with Crippen molar-refractivity contribution in [3.05, 3.63) is 12.2 Å². The van der Waals surface area contributed by atoms with E-state index < -0.39 is 8.32 Å². The lowest BCUT2D eigenvalue weighted by atomic mass is 10.1. The van der Waals surface area contributed by atoms with Crippen molar-refractivity contribution in [2.75, 3.05) is 0 Å². The van der Waals surface area contributed by atoms with Crippen LogP contribution in [0.25, 0.3) is 0 Å². The van der Waals surface area contributed by atoms with E-state index in [9.17, 15) is 0 Å². The molecule has 0 saturated carbocycles. The van der Waals surface area contributed by atoms with Crippen molar-refractivity contribution in [2.45, 2.75) is 58.9 Å². The number of rotatable bonds is 4. The molecule has 0 aromatic rings. The van der Waals surface area contributed by atoms with Gasteiger partial charge in [-0.25, -0.2) is 0 Å². The van der Waals surface area contributed by atoms with Gasteiger partial charge in [-0.2, -0.15) is 0 Å². The third-order valence-electron chi connectivity index (χ3n) is 3.37. The monoisotopic (exact) mass is 238 g/mol. The van der Waals surface area contributed by atoms with E-state index in [0.29, 0.717) is 0 Å². The van der Waals surface area contributed by atoms with Crippen LogP contribution >= 0.6 is 0 Å². The van der Waals surface area contributed by atoms with E-state index in [0.717, 1.165) is 0 Å². The maximum absolute atomic E-state index is 6.22. The van der Waals surface area contributed by atoms with Gasteiger partial charge in [0.05, 0.1) is 0 Å². The summed E-state index contributed by atoms with van der Waals surface area (Å²) in [4.78, 5) is 0. The minimum atomic E-state index is -1.76. The van der Waals surface area contributed by atoms with Gasteiger partial charge in [-0.3, -0.25) is 0 Å². The molecule has 0 heterocycles. The van der Waals surface area contributed by atoms with Crippen LogP contribution in [0.2, 0.25) is 18.1 Å². The molecule has 0 bridgehead atoms. The van der Waals surface area contributed by atoms with E-state index in [1.807, 2.05) is 13.0 Å². The predicted octanol–water partition coefficient (Wildman–Crippen LogP) is 4.22. The Morgan fingerprint density at radius 3 is 2.12 bits per heavy atom. The standard InChI is InChI=1S/C14H26OSi/c1-9-11-12(3)13(10-2)15-16(7,8)14(4,5)6/h2,9,11-13H,1,3-8H3/b11-9+/t12-,13+/m1/s1. The molecule has 0 aromatic heterocycles. The first-order valence-electron chi connectivity index (χ1n) is 5.92. The molecule has 0 radical (unpaired) electrons. The smallest absolute Gasteiger partial charge is 0.193 e. The first-order valence-corrected chi connectivity index (χ1v) is 8.83. The summed E-state index contributed by atoms with van der Waals surface area (Å²) < 4.78 is 6.22. The summed E-state index contributed by atoms with van der Waals surface area (Å²) in [6.07, 6.45) is 9.61. The first kappa shape index (κ1) is 15.5. The van der Waals surface area contributed by atoms with E-state index in [1.165, 1.54) is 0 Å². The molecular weight excluding hydrogens is 212 g/mol. The summed E-state index contributed by atoms with van der Waals surface area (Å²) in [5.74, 6) is 3.06. The van der Waals surface area contributed by atoms with Gasteiger partial charge in [0.1, 0.15) is 6.10 Å². The Morgan fingerprint density at radius 1 is 1.31 bits per heavy atom. The molecule has 0 rings (SSSR count). The third kappa shape index (κ3) is 4.15. The fraction of sp³-hybridized carbons (Fsp3) is 0.714. The van der Waals surface area contributed by atoms with Gasteiger partial charge < -0.3 is 4.43 Å². The van der Waals surface area contributed by atoms with Crippen LogP contribution < -0.4 is 0 Å². The van der Waals surface area contributed by atoms with Crippen LogP contribution in [-0.4, -0.2) is 14.4 Å². The Balaban J connectivity index is 4.75. The molecule has 2 atom stereocenters. The lowest BCUT2D eigenvalue weighted by Gasteiger charge is -2.39. The van der Waals surface area contributed by atoms with Crippen LogP contribution in [0.3, 0.4) is 0 Å². The highest BCUT2D eigenvalue weighted by atomic mass is 28.4. The van der Waals surface area contributed by atoms with E-state index in [-0.39, 0.29) is 17.1 Å². The number of hydrogen-bond acceptors (Lipinski definition) is 1. The van der Waals surface area contributed by atoms with Gasteiger partial charge in [-0.05, 0) is 25.1 Å². The first-order chi connectivity index (χ1) is 7.15. The van der Waals surface area contributed by atoms with E-state index >= 15 is 0 Å². The van der Waals surface area contributed by atoms with Crippen molar-refractivity contribution < 1.29 is 4.43 Å². The molecule has 0 unspecified atom stereocenters. The average molecular weight is 238 g/mol. The van der Waals surface area contributed by atoms with Gasteiger partial charge in [-0.15, -0.1) is 6.42 Å². The van der Waals surface area contributed by atoms with Crippen molar-refractivity contribution in [1.82, 2.24) is 0 Å².